The minimum atomic E-state index is -0.708. The molecule has 5 nitrogen and oxygen atoms in total. The zero-order chi connectivity index (χ0) is 13.8. The summed E-state index contributed by atoms with van der Waals surface area (Å²) < 4.78 is 5.31. The van der Waals surface area contributed by atoms with Crippen LogP contribution in [0, 0.1) is 0 Å². The maximum absolute atomic E-state index is 12.3. The van der Waals surface area contributed by atoms with Crippen LogP contribution in [0.4, 0.5) is 0 Å². The minimum Gasteiger partial charge on any atom is -0.380 e. The van der Waals surface area contributed by atoms with Crippen LogP contribution in [0.15, 0.2) is 0 Å². The lowest BCUT2D eigenvalue weighted by atomic mass is 9.86. The van der Waals surface area contributed by atoms with Gasteiger partial charge in [0.2, 0.25) is 11.8 Å². The lowest BCUT2D eigenvalue weighted by molar-refractivity contribution is -0.158. The van der Waals surface area contributed by atoms with Crippen LogP contribution in [-0.2, 0) is 14.3 Å². The lowest BCUT2D eigenvalue weighted by Crippen LogP contribution is -2.70. The number of carbonyl (C=O) groups excluding carboxylic acids is 2. The molecule has 0 aliphatic carbocycles. The highest BCUT2D eigenvalue weighted by Gasteiger charge is 2.48. The van der Waals surface area contributed by atoms with Crippen molar-refractivity contribution < 1.29 is 14.3 Å². The van der Waals surface area contributed by atoms with Crippen LogP contribution in [0.2, 0.25) is 0 Å². The van der Waals surface area contributed by atoms with Gasteiger partial charge in [-0.1, -0.05) is 13.8 Å². The summed E-state index contributed by atoms with van der Waals surface area (Å²) >= 11 is 0. The van der Waals surface area contributed by atoms with Crippen molar-refractivity contribution in [1.82, 2.24) is 10.2 Å². The number of carbonyl (C=O) groups is 2. The first kappa shape index (κ1) is 15.0. The quantitative estimate of drug-likeness (QED) is 0.719. The van der Waals surface area contributed by atoms with Gasteiger partial charge in [0.25, 0.3) is 0 Å². The summed E-state index contributed by atoms with van der Waals surface area (Å²) in [4.78, 5) is 26.2. The zero-order valence-corrected chi connectivity index (χ0v) is 11.8. The van der Waals surface area contributed by atoms with Gasteiger partial charge in [-0.05, 0) is 26.7 Å². The molecule has 104 valence electrons. The second-order valence-corrected chi connectivity index (χ2v) is 4.62. The van der Waals surface area contributed by atoms with E-state index in [1.807, 2.05) is 20.8 Å². The summed E-state index contributed by atoms with van der Waals surface area (Å²) in [5.41, 5.74) is -0.708. The summed E-state index contributed by atoms with van der Waals surface area (Å²) in [5.74, 6) is -0.0610. The summed E-state index contributed by atoms with van der Waals surface area (Å²) in [5, 5.41) is 2.77. The molecule has 1 aliphatic heterocycles. The van der Waals surface area contributed by atoms with Gasteiger partial charge in [-0.2, -0.15) is 0 Å². The molecule has 1 aliphatic rings. The molecule has 0 aromatic rings. The Labute approximate surface area is 109 Å². The average Bonchev–Trinajstić information content (AvgIpc) is 2.36. The van der Waals surface area contributed by atoms with Gasteiger partial charge in [-0.3, -0.25) is 9.59 Å². The number of ether oxygens (including phenoxy) is 1. The fourth-order valence-electron chi connectivity index (χ4n) is 2.54. The summed E-state index contributed by atoms with van der Waals surface area (Å²) in [6.45, 7) is 9.11. The molecular formula is C13H24N2O3. The Hall–Kier alpha value is -1.10. The Bertz CT molecular complexity index is 313. The number of hydrogen-bond acceptors (Lipinski definition) is 3. The van der Waals surface area contributed by atoms with Crippen molar-refractivity contribution in [1.29, 1.82) is 0 Å². The molecule has 0 aromatic carbocycles. The Morgan fingerprint density at radius 1 is 1.28 bits per heavy atom. The zero-order valence-electron chi connectivity index (χ0n) is 11.8. The highest BCUT2D eigenvalue weighted by molar-refractivity contribution is 5.99. The van der Waals surface area contributed by atoms with Crippen molar-refractivity contribution in [2.45, 2.75) is 52.1 Å². The fraction of sp³-hybridized carbons (Fsp3) is 0.846. The van der Waals surface area contributed by atoms with Gasteiger partial charge in [-0.15, -0.1) is 0 Å². The van der Waals surface area contributed by atoms with E-state index < -0.39 is 11.6 Å². The Balaban J connectivity index is 2.93. The van der Waals surface area contributed by atoms with E-state index in [0.29, 0.717) is 32.6 Å². The van der Waals surface area contributed by atoms with Gasteiger partial charge in [0.05, 0.1) is 6.61 Å². The van der Waals surface area contributed by atoms with Crippen molar-refractivity contribution in [3.8, 4) is 0 Å². The standard InChI is InChI=1S/C13H24N2O3/c1-5-13(6-2)12(17)14-10(4)11(16)15(13)8-9-18-7-3/h10H,5-9H2,1-4H3,(H,14,17). The highest BCUT2D eigenvalue weighted by Crippen LogP contribution is 2.28. The average molecular weight is 256 g/mol. The number of hydrogen-bond donors (Lipinski definition) is 1. The van der Waals surface area contributed by atoms with E-state index in [1.165, 1.54) is 0 Å². The molecule has 1 N–H and O–H groups in total. The smallest absolute Gasteiger partial charge is 0.246 e. The maximum Gasteiger partial charge on any atom is 0.246 e. The molecule has 18 heavy (non-hydrogen) atoms. The van der Waals surface area contributed by atoms with Gasteiger partial charge in [0.15, 0.2) is 0 Å². The topological polar surface area (TPSA) is 58.6 Å². The molecule has 0 spiro atoms. The fourth-order valence-corrected chi connectivity index (χ4v) is 2.54. The number of piperazine rings is 1. The van der Waals surface area contributed by atoms with Gasteiger partial charge in [-0.25, -0.2) is 0 Å². The lowest BCUT2D eigenvalue weighted by Gasteiger charge is -2.47. The molecular weight excluding hydrogens is 232 g/mol. The third kappa shape index (κ3) is 2.51. The van der Waals surface area contributed by atoms with Gasteiger partial charge in [0.1, 0.15) is 11.6 Å². The second kappa shape index (κ2) is 6.18. The van der Waals surface area contributed by atoms with Crippen molar-refractivity contribution in [2.75, 3.05) is 19.8 Å². The number of nitrogens with one attached hydrogen (secondary N) is 1. The van der Waals surface area contributed by atoms with Gasteiger partial charge in [0, 0.05) is 13.2 Å². The largest absolute Gasteiger partial charge is 0.380 e. The Morgan fingerprint density at radius 3 is 2.39 bits per heavy atom. The Kier molecular flexibility index (Phi) is 5.14. The number of nitrogens with zero attached hydrogens (tertiary/aromatic N) is 1. The van der Waals surface area contributed by atoms with Crippen molar-refractivity contribution in [3.63, 3.8) is 0 Å². The molecule has 1 unspecified atom stereocenters. The van der Waals surface area contributed by atoms with Crippen LogP contribution in [0.3, 0.4) is 0 Å². The number of amides is 2. The molecule has 1 heterocycles. The van der Waals surface area contributed by atoms with E-state index in [4.69, 9.17) is 4.74 Å². The van der Waals surface area contributed by atoms with Crippen LogP contribution >= 0.6 is 0 Å². The molecule has 2 amide bonds. The van der Waals surface area contributed by atoms with Crippen LogP contribution in [0.5, 0.6) is 0 Å². The van der Waals surface area contributed by atoms with Gasteiger partial charge >= 0.3 is 0 Å². The molecule has 1 rings (SSSR count). The predicted molar refractivity (Wildman–Crippen MR) is 69.1 cm³/mol. The molecule has 0 bridgehead atoms. The molecule has 0 aromatic heterocycles. The summed E-state index contributed by atoms with van der Waals surface area (Å²) in [6, 6.07) is -0.439. The maximum atomic E-state index is 12.3. The first-order chi connectivity index (χ1) is 8.53. The first-order valence-corrected chi connectivity index (χ1v) is 6.73. The molecule has 0 radical (unpaired) electrons. The van der Waals surface area contributed by atoms with Crippen molar-refractivity contribution in [3.05, 3.63) is 0 Å². The van der Waals surface area contributed by atoms with Gasteiger partial charge < -0.3 is 15.0 Å². The van der Waals surface area contributed by atoms with Crippen LogP contribution < -0.4 is 5.32 Å². The number of rotatable bonds is 6. The molecule has 1 saturated heterocycles. The SMILES string of the molecule is CCOCCN1C(=O)C(C)NC(=O)C1(CC)CC. The van der Waals surface area contributed by atoms with Crippen LogP contribution in [0.1, 0.15) is 40.5 Å². The predicted octanol–water partition coefficient (Wildman–Crippen LogP) is 0.929. The van der Waals surface area contributed by atoms with E-state index in [2.05, 4.69) is 5.32 Å². The molecule has 1 fully saturated rings. The first-order valence-electron chi connectivity index (χ1n) is 6.73. The highest BCUT2D eigenvalue weighted by atomic mass is 16.5. The Morgan fingerprint density at radius 2 is 1.89 bits per heavy atom. The van der Waals surface area contributed by atoms with E-state index in [0.717, 1.165) is 0 Å². The third-order valence-electron chi connectivity index (χ3n) is 3.76. The van der Waals surface area contributed by atoms with E-state index >= 15 is 0 Å². The van der Waals surface area contributed by atoms with E-state index in [1.54, 1.807) is 11.8 Å². The molecule has 0 saturated carbocycles. The van der Waals surface area contributed by atoms with Crippen molar-refractivity contribution in [2.24, 2.45) is 0 Å². The normalized spacial score (nSPS) is 23.1. The minimum absolute atomic E-state index is 0.0157. The van der Waals surface area contributed by atoms with E-state index in [-0.39, 0.29) is 11.8 Å². The van der Waals surface area contributed by atoms with E-state index in [9.17, 15) is 9.59 Å². The molecule has 1 atom stereocenters. The summed E-state index contributed by atoms with van der Waals surface area (Å²) in [6.07, 6.45) is 1.25. The van der Waals surface area contributed by atoms with Crippen LogP contribution in [-0.4, -0.2) is 48.1 Å². The van der Waals surface area contributed by atoms with Crippen molar-refractivity contribution >= 4 is 11.8 Å². The summed E-state index contributed by atoms with van der Waals surface area (Å²) in [7, 11) is 0. The second-order valence-electron chi connectivity index (χ2n) is 4.62. The van der Waals surface area contributed by atoms with Crippen LogP contribution in [0.25, 0.3) is 0 Å². The third-order valence-corrected chi connectivity index (χ3v) is 3.76. The monoisotopic (exact) mass is 256 g/mol. The molecule has 5 heteroatoms.